The maximum atomic E-state index is 13.5. The number of ether oxygens (including phenoxy) is 2. The first-order chi connectivity index (χ1) is 17.4. The van der Waals surface area contributed by atoms with Crippen LogP contribution < -0.4 is 20.9 Å². The SMILES string of the molecule is NC[C@@H]1C[C@@H]2C[C@@H]2N1C(=O)c1nc(N)sc1-c1cccc(F)c1.O=C(O)c1cccc2c1OCCO2. The molecule has 3 atom stereocenters. The van der Waals surface area contributed by atoms with Crippen LogP contribution in [0.5, 0.6) is 11.5 Å². The van der Waals surface area contributed by atoms with Crippen LogP contribution in [0.2, 0.25) is 0 Å². The van der Waals surface area contributed by atoms with E-state index in [1.807, 2.05) is 4.90 Å². The quantitative estimate of drug-likeness (QED) is 0.484. The molecule has 3 aromatic rings. The second-order valence-electron chi connectivity index (χ2n) is 8.78. The number of nitrogens with zero attached hydrogens (tertiary/aromatic N) is 2. The summed E-state index contributed by atoms with van der Waals surface area (Å²) in [5.41, 5.74) is 12.7. The number of rotatable bonds is 4. The minimum atomic E-state index is -0.998. The van der Waals surface area contributed by atoms with Gasteiger partial charge in [-0.3, -0.25) is 4.79 Å². The summed E-state index contributed by atoms with van der Waals surface area (Å²) in [7, 11) is 0. The van der Waals surface area contributed by atoms with Crippen molar-refractivity contribution < 1.29 is 28.6 Å². The molecule has 5 N–H and O–H groups in total. The van der Waals surface area contributed by atoms with E-state index >= 15 is 0 Å². The van der Waals surface area contributed by atoms with Gasteiger partial charge in [0.2, 0.25) is 0 Å². The van der Waals surface area contributed by atoms with Gasteiger partial charge in [0.05, 0.1) is 4.88 Å². The molecular weight excluding hydrogens is 487 g/mol. The minimum Gasteiger partial charge on any atom is -0.486 e. The average Bonchev–Trinajstić information content (AvgIpc) is 3.36. The molecule has 1 aliphatic carbocycles. The molecule has 0 spiro atoms. The highest BCUT2D eigenvalue weighted by molar-refractivity contribution is 7.19. The highest BCUT2D eigenvalue weighted by atomic mass is 32.1. The molecule has 2 aromatic carbocycles. The Labute approximate surface area is 210 Å². The average molecular weight is 513 g/mol. The summed E-state index contributed by atoms with van der Waals surface area (Å²) in [5, 5.41) is 9.11. The molecule has 188 valence electrons. The van der Waals surface area contributed by atoms with E-state index in [-0.39, 0.29) is 29.4 Å². The van der Waals surface area contributed by atoms with Crippen molar-refractivity contribution in [2.24, 2.45) is 11.7 Å². The number of nitrogens with two attached hydrogens (primary N) is 2. The van der Waals surface area contributed by atoms with Gasteiger partial charge in [-0.25, -0.2) is 14.2 Å². The largest absolute Gasteiger partial charge is 0.486 e. The molecule has 36 heavy (non-hydrogen) atoms. The van der Waals surface area contributed by atoms with Crippen molar-refractivity contribution in [1.29, 1.82) is 0 Å². The lowest BCUT2D eigenvalue weighted by Crippen LogP contribution is -2.42. The number of hydrogen-bond donors (Lipinski definition) is 3. The number of thiazole rings is 1. The van der Waals surface area contributed by atoms with Crippen LogP contribution in [0.3, 0.4) is 0 Å². The Morgan fingerprint density at radius 2 is 1.94 bits per heavy atom. The zero-order valence-corrected chi connectivity index (χ0v) is 20.0. The van der Waals surface area contributed by atoms with E-state index in [1.54, 1.807) is 24.3 Å². The molecule has 0 radical (unpaired) electrons. The van der Waals surface area contributed by atoms with Crippen LogP contribution in [0.25, 0.3) is 10.4 Å². The fourth-order valence-electron chi connectivity index (χ4n) is 4.76. The van der Waals surface area contributed by atoms with E-state index in [4.69, 9.17) is 26.0 Å². The van der Waals surface area contributed by atoms with Gasteiger partial charge < -0.3 is 30.9 Å². The summed E-state index contributed by atoms with van der Waals surface area (Å²) < 4.78 is 24.0. The van der Waals surface area contributed by atoms with Crippen molar-refractivity contribution in [1.82, 2.24) is 9.88 Å². The zero-order chi connectivity index (χ0) is 25.4. The highest BCUT2D eigenvalue weighted by Crippen LogP contribution is 2.48. The summed E-state index contributed by atoms with van der Waals surface area (Å²) >= 11 is 1.21. The van der Waals surface area contributed by atoms with E-state index in [1.165, 1.54) is 29.5 Å². The van der Waals surface area contributed by atoms with Crippen LogP contribution >= 0.6 is 11.3 Å². The van der Waals surface area contributed by atoms with Gasteiger partial charge in [0.25, 0.3) is 5.91 Å². The van der Waals surface area contributed by atoms with E-state index in [0.29, 0.717) is 58.4 Å². The molecule has 1 saturated heterocycles. The molecular formula is C25H25FN4O5S. The van der Waals surface area contributed by atoms with E-state index in [9.17, 15) is 14.0 Å². The number of aromatic nitrogens is 1. The second kappa shape index (κ2) is 9.75. The molecule has 3 aliphatic rings. The number of carbonyl (C=O) groups excluding carboxylic acids is 1. The van der Waals surface area contributed by atoms with Crippen LogP contribution in [0.4, 0.5) is 9.52 Å². The maximum absolute atomic E-state index is 13.5. The molecule has 1 saturated carbocycles. The van der Waals surface area contributed by atoms with Crippen LogP contribution in [0.1, 0.15) is 33.7 Å². The maximum Gasteiger partial charge on any atom is 0.339 e. The number of halogens is 1. The second-order valence-corrected chi connectivity index (χ2v) is 9.81. The Hall–Kier alpha value is -3.70. The molecule has 2 aliphatic heterocycles. The molecule has 6 rings (SSSR count). The van der Waals surface area contributed by atoms with Gasteiger partial charge in [0.1, 0.15) is 30.3 Å². The summed E-state index contributed by atoms with van der Waals surface area (Å²) in [6.45, 7) is 1.32. The number of carbonyl (C=O) groups is 2. The normalized spacial score (nSPS) is 21.3. The summed E-state index contributed by atoms with van der Waals surface area (Å²) in [4.78, 5) is 30.5. The lowest BCUT2D eigenvalue weighted by atomic mass is 10.1. The molecule has 1 aromatic heterocycles. The summed E-state index contributed by atoms with van der Waals surface area (Å²) in [6, 6.07) is 11.3. The van der Waals surface area contributed by atoms with Crippen molar-refractivity contribution in [3.8, 4) is 21.9 Å². The van der Waals surface area contributed by atoms with E-state index < -0.39 is 5.97 Å². The Bertz CT molecular complexity index is 1320. The molecule has 3 heterocycles. The number of carboxylic acid groups (broad SMARTS) is 1. The fourth-order valence-corrected chi connectivity index (χ4v) is 5.58. The number of anilines is 1. The fraction of sp³-hybridized carbons (Fsp3) is 0.320. The monoisotopic (exact) mass is 512 g/mol. The third-order valence-electron chi connectivity index (χ3n) is 6.45. The van der Waals surface area contributed by atoms with Crippen molar-refractivity contribution in [3.63, 3.8) is 0 Å². The third kappa shape index (κ3) is 4.59. The Balaban J connectivity index is 0.000000174. The van der Waals surface area contributed by atoms with Gasteiger partial charge in [-0.05, 0) is 48.6 Å². The van der Waals surface area contributed by atoms with Gasteiger partial charge in [-0.1, -0.05) is 29.5 Å². The molecule has 0 bridgehead atoms. The number of nitrogen functional groups attached to an aromatic ring is 1. The van der Waals surface area contributed by atoms with E-state index in [2.05, 4.69) is 4.98 Å². The van der Waals surface area contributed by atoms with Crippen LogP contribution in [0, 0.1) is 11.7 Å². The Kier molecular flexibility index (Phi) is 6.50. The Morgan fingerprint density at radius 3 is 2.69 bits per heavy atom. The van der Waals surface area contributed by atoms with Crippen LogP contribution in [-0.2, 0) is 0 Å². The zero-order valence-electron chi connectivity index (χ0n) is 19.2. The summed E-state index contributed by atoms with van der Waals surface area (Å²) in [6.07, 6.45) is 2.00. The third-order valence-corrected chi connectivity index (χ3v) is 7.38. The molecule has 0 unspecified atom stereocenters. The first kappa shape index (κ1) is 24.0. The molecule has 11 heteroatoms. The van der Waals surface area contributed by atoms with Gasteiger partial charge in [0.15, 0.2) is 16.6 Å². The minimum absolute atomic E-state index is 0.0644. The van der Waals surface area contributed by atoms with Crippen LogP contribution in [0.15, 0.2) is 42.5 Å². The van der Waals surface area contributed by atoms with Crippen molar-refractivity contribution >= 4 is 28.3 Å². The molecule has 9 nitrogen and oxygen atoms in total. The number of likely N-dealkylation sites (tertiary alicyclic amines) is 1. The topological polar surface area (TPSA) is 141 Å². The Morgan fingerprint density at radius 1 is 1.17 bits per heavy atom. The summed E-state index contributed by atoms with van der Waals surface area (Å²) in [5.74, 6) is -0.0790. The van der Waals surface area contributed by atoms with Gasteiger partial charge in [0, 0.05) is 18.6 Å². The number of hydrogen-bond acceptors (Lipinski definition) is 8. The number of piperidine rings is 1. The number of aromatic carboxylic acids is 1. The first-order valence-electron chi connectivity index (χ1n) is 11.5. The lowest BCUT2D eigenvalue weighted by Gasteiger charge is -2.26. The van der Waals surface area contributed by atoms with Crippen molar-refractivity contribution in [2.45, 2.75) is 24.9 Å². The number of amides is 1. The number of fused-ring (bicyclic) bond motifs is 2. The lowest BCUT2D eigenvalue weighted by molar-refractivity contribution is 0.0682. The first-order valence-corrected chi connectivity index (χ1v) is 12.4. The number of benzene rings is 2. The van der Waals surface area contributed by atoms with Gasteiger partial charge in [-0.2, -0.15) is 0 Å². The van der Waals surface area contributed by atoms with Gasteiger partial charge >= 0.3 is 5.97 Å². The molecule has 1 amide bonds. The van der Waals surface area contributed by atoms with Crippen molar-refractivity contribution in [3.05, 3.63) is 59.5 Å². The predicted molar refractivity (Wildman–Crippen MR) is 132 cm³/mol. The smallest absolute Gasteiger partial charge is 0.339 e. The van der Waals surface area contributed by atoms with Crippen molar-refractivity contribution in [2.75, 3.05) is 25.5 Å². The highest BCUT2D eigenvalue weighted by Gasteiger charge is 2.54. The molecule has 2 fully saturated rings. The predicted octanol–water partition coefficient (Wildman–Crippen LogP) is 3.25. The van der Waals surface area contributed by atoms with Gasteiger partial charge in [-0.15, -0.1) is 0 Å². The number of para-hydroxylation sites is 1. The van der Waals surface area contributed by atoms with E-state index in [0.717, 1.165) is 12.8 Å². The number of carboxylic acids is 1. The standard InChI is InChI=1S/C16H17FN4OS.C9H8O4/c17-10-3-1-2-8(4-10)14-13(20-16(19)23-14)15(22)21-11(7-18)5-9-6-12(9)21;10-9(11)6-2-1-3-7-8(6)13-5-4-12-7/h1-4,9,11-12H,5-7,18H2,(H2,19,20);1-3H,4-5H2,(H,10,11)/t9-,11+,12+;/m1./s1. The van der Waals surface area contributed by atoms with Crippen LogP contribution in [-0.4, -0.2) is 58.7 Å².